The van der Waals surface area contributed by atoms with Gasteiger partial charge in [-0.3, -0.25) is 14.9 Å². The van der Waals surface area contributed by atoms with E-state index in [0.29, 0.717) is 10.8 Å². The number of imide groups is 1. The number of nitrogens with one attached hydrogen (secondary N) is 1. The van der Waals surface area contributed by atoms with Gasteiger partial charge in [-0.2, -0.15) is 0 Å². The van der Waals surface area contributed by atoms with Gasteiger partial charge in [-0.25, -0.2) is 4.98 Å². The fraction of sp³-hybridized carbons (Fsp3) is 0.370. The van der Waals surface area contributed by atoms with Crippen LogP contribution < -0.4 is 5.32 Å². The van der Waals surface area contributed by atoms with Crippen molar-refractivity contribution in [3.8, 4) is 11.5 Å². The van der Waals surface area contributed by atoms with Crippen LogP contribution in [0.5, 0.6) is 0 Å². The molecule has 190 valence electrons. The van der Waals surface area contributed by atoms with Crippen molar-refractivity contribution in [3.05, 3.63) is 68.6 Å². The summed E-state index contributed by atoms with van der Waals surface area (Å²) in [6.07, 6.45) is 3.16. The Morgan fingerprint density at radius 3 is 2.50 bits per heavy atom. The van der Waals surface area contributed by atoms with Gasteiger partial charge >= 0.3 is 0 Å². The average Bonchev–Trinajstić information content (AvgIpc) is 3.50. The zero-order chi connectivity index (χ0) is 26.1. The van der Waals surface area contributed by atoms with Crippen LogP contribution in [0.1, 0.15) is 54.5 Å². The van der Waals surface area contributed by atoms with Gasteiger partial charge in [0.2, 0.25) is 5.89 Å². The summed E-state index contributed by atoms with van der Waals surface area (Å²) < 4.78 is 12.9. The number of oxazole rings is 1. The van der Waals surface area contributed by atoms with Gasteiger partial charge in [0.1, 0.15) is 5.76 Å². The Balaban J connectivity index is 1.57. The Morgan fingerprint density at radius 1 is 1.14 bits per heavy atom. The Bertz CT molecular complexity index is 1290. The highest BCUT2D eigenvalue weighted by Crippen LogP contribution is 2.42. The van der Waals surface area contributed by atoms with Crippen LogP contribution in [0.15, 0.2) is 51.8 Å². The van der Waals surface area contributed by atoms with Crippen LogP contribution in [-0.2, 0) is 15.6 Å². The number of aromatic nitrogens is 1. The van der Waals surface area contributed by atoms with Gasteiger partial charge < -0.3 is 8.84 Å². The Labute approximate surface area is 221 Å². The van der Waals surface area contributed by atoms with Crippen molar-refractivity contribution in [1.82, 2.24) is 10.3 Å². The fourth-order valence-electron chi connectivity index (χ4n) is 3.59. The molecular formula is C27H32N2O4S2Si. The molecule has 0 saturated carbocycles. The van der Waals surface area contributed by atoms with Gasteiger partial charge in [0.05, 0.1) is 16.7 Å². The summed E-state index contributed by atoms with van der Waals surface area (Å²) in [6, 6.07) is 14.0. The number of hydrogen-bond acceptors (Lipinski definition) is 7. The molecular weight excluding hydrogens is 509 g/mol. The summed E-state index contributed by atoms with van der Waals surface area (Å²) in [5.74, 6) is 1.12. The summed E-state index contributed by atoms with van der Waals surface area (Å²) >= 11 is 2.53. The monoisotopic (exact) mass is 540 g/mol. The van der Waals surface area contributed by atoms with Gasteiger partial charge in [-0.05, 0) is 80.0 Å². The zero-order valence-electron chi connectivity index (χ0n) is 21.5. The van der Waals surface area contributed by atoms with Gasteiger partial charge in [-0.1, -0.05) is 39.0 Å². The SMILES string of the molecule is Cc1oc(-c2ccccc2)nc1CCC(O[Si](C)(C)C(C)(C)C)c1ccc(/C=C2/SC(=O)NC2=O)s1. The Kier molecular flexibility index (Phi) is 7.75. The van der Waals surface area contributed by atoms with Gasteiger partial charge in [0.15, 0.2) is 8.32 Å². The first-order valence-corrected chi connectivity index (χ1v) is 16.5. The molecule has 2 aromatic heterocycles. The number of benzene rings is 1. The molecule has 9 heteroatoms. The van der Waals surface area contributed by atoms with E-state index in [9.17, 15) is 9.59 Å². The minimum Gasteiger partial charge on any atom is -0.441 e. The van der Waals surface area contributed by atoms with Gasteiger partial charge in [0, 0.05) is 15.3 Å². The first kappa shape index (κ1) is 26.6. The molecule has 1 atom stereocenters. The van der Waals surface area contributed by atoms with Crippen molar-refractivity contribution in [1.29, 1.82) is 0 Å². The molecule has 3 heterocycles. The Morgan fingerprint density at radius 2 is 1.86 bits per heavy atom. The summed E-state index contributed by atoms with van der Waals surface area (Å²) in [5.41, 5.74) is 1.90. The van der Waals surface area contributed by atoms with E-state index in [-0.39, 0.29) is 22.3 Å². The molecule has 3 aromatic rings. The highest BCUT2D eigenvalue weighted by atomic mass is 32.2. The Hall–Kier alpha value is -2.46. The molecule has 0 aliphatic carbocycles. The van der Waals surface area contributed by atoms with E-state index < -0.39 is 8.32 Å². The van der Waals surface area contributed by atoms with E-state index in [0.717, 1.165) is 51.4 Å². The lowest BCUT2D eigenvalue weighted by atomic mass is 10.1. The molecule has 1 aromatic carbocycles. The number of thiophene rings is 1. The molecule has 1 aliphatic rings. The average molecular weight is 541 g/mol. The number of amides is 2. The normalized spacial score (nSPS) is 16.6. The molecule has 1 aliphatic heterocycles. The van der Waals surface area contributed by atoms with Crippen molar-refractivity contribution in [2.24, 2.45) is 0 Å². The lowest BCUT2D eigenvalue weighted by Crippen LogP contribution is -2.41. The molecule has 2 amide bonds. The molecule has 1 fully saturated rings. The van der Waals surface area contributed by atoms with Crippen molar-refractivity contribution < 1.29 is 18.4 Å². The number of hydrogen-bond donors (Lipinski definition) is 1. The highest BCUT2D eigenvalue weighted by Gasteiger charge is 2.39. The lowest BCUT2D eigenvalue weighted by Gasteiger charge is -2.39. The van der Waals surface area contributed by atoms with Crippen LogP contribution in [0, 0.1) is 6.92 Å². The molecule has 36 heavy (non-hydrogen) atoms. The summed E-state index contributed by atoms with van der Waals surface area (Å²) in [5, 5.41) is 2.04. The number of nitrogens with zero attached hydrogens (tertiary/aromatic N) is 1. The van der Waals surface area contributed by atoms with Crippen LogP contribution >= 0.6 is 23.1 Å². The molecule has 0 bridgehead atoms. The van der Waals surface area contributed by atoms with Crippen molar-refractivity contribution in [2.75, 3.05) is 0 Å². The molecule has 4 rings (SSSR count). The number of carbonyl (C=O) groups excluding carboxylic acids is 2. The number of rotatable bonds is 8. The quantitative estimate of drug-likeness (QED) is 0.233. The van der Waals surface area contributed by atoms with Crippen LogP contribution in [-0.4, -0.2) is 24.4 Å². The van der Waals surface area contributed by atoms with Crippen LogP contribution in [0.4, 0.5) is 4.79 Å². The summed E-state index contributed by atoms with van der Waals surface area (Å²) in [7, 11) is -2.06. The van der Waals surface area contributed by atoms with Crippen molar-refractivity contribution >= 4 is 48.6 Å². The predicted molar refractivity (Wildman–Crippen MR) is 149 cm³/mol. The molecule has 1 N–H and O–H groups in total. The lowest BCUT2D eigenvalue weighted by molar-refractivity contribution is -0.115. The molecule has 6 nitrogen and oxygen atoms in total. The summed E-state index contributed by atoms with van der Waals surface area (Å²) in [4.78, 5) is 30.7. The van der Waals surface area contributed by atoms with E-state index in [1.807, 2.05) is 43.3 Å². The fourth-order valence-corrected chi connectivity index (χ4v) is 6.75. The molecule has 1 unspecified atom stereocenters. The maximum absolute atomic E-state index is 12.0. The third-order valence-corrected chi connectivity index (χ3v) is 13.1. The van der Waals surface area contributed by atoms with E-state index in [4.69, 9.17) is 13.8 Å². The number of carbonyl (C=O) groups is 2. The topological polar surface area (TPSA) is 81.4 Å². The van der Waals surface area contributed by atoms with E-state index >= 15 is 0 Å². The van der Waals surface area contributed by atoms with Gasteiger partial charge in [-0.15, -0.1) is 11.3 Å². The predicted octanol–water partition coefficient (Wildman–Crippen LogP) is 7.73. The third kappa shape index (κ3) is 6.08. The van der Waals surface area contributed by atoms with Gasteiger partial charge in [0.25, 0.3) is 11.1 Å². The highest BCUT2D eigenvalue weighted by molar-refractivity contribution is 8.18. The largest absolute Gasteiger partial charge is 0.441 e. The standard InChI is InChI=1S/C27H32N2O4S2Si/c1-17-20(28-25(32-17)18-10-8-7-9-11-18)13-14-21(33-36(5,6)27(2,3)4)22-15-12-19(34-22)16-23-24(30)29-26(31)35-23/h7-12,15-16,21H,13-14H2,1-6H3,(H,29,30,31)/b23-16+. The third-order valence-electron chi connectivity index (χ3n) is 6.68. The van der Waals surface area contributed by atoms with Crippen molar-refractivity contribution in [2.45, 2.75) is 64.8 Å². The number of aryl methyl sites for hydroxylation is 2. The van der Waals surface area contributed by atoms with Crippen LogP contribution in [0.25, 0.3) is 17.5 Å². The molecule has 1 saturated heterocycles. The van der Waals surface area contributed by atoms with Crippen LogP contribution in [0.3, 0.4) is 0 Å². The minimum atomic E-state index is -2.06. The summed E-state index contributed by atoms with van der Waals surface area (Å²) in [6.45, 7) is 13.2. The smallest absolute Gasteiger partial charge is 0.290 e. The first-order valence-electron chi connectivity index (χ1n) is 12.0. The van der Waals surface area contributed by atoms with E-state index in [1.54, 1.807) is 17.4 Å². The van der Waals surface area contributed by atoms with E-state index in [2.05, 4.69) is 45.2 Å². The maximum atomic E-state index is 12.0. The van der Waals surface area contributed by atoms with Crippen LogP contribution in [0.2, 0.25) is 18.1 Å². The second-order valence-corrected chi connectivity index (χ2v) is 17.3. The second kappa shape index (κ2) is 10.5. The molecule has 0 spiro atoms. The maximum Gasteiger partial charge on any atom is 0.290 e. The van der Waals surface area contributed by atoms with Crippen molar-refractivity contribution in [3.63, 3.8) is 0 Å². The second-order valence-electron chi connectivity index (χ2n) is 10.4. The zero-order valence-corrected chi connectivity index (χ0v) is 24.1. The first-order chi connectivity index (χ1) is 16.9. The number of thioether (sulfide) groups is 1. The minimum absolute atomic E-state index is 0.0660. The van der Waals surface area contributed by atoms with E-state index in [1.165, 1.54) is 0 Å². The molecule has 0 radical (unpaired) electrons.